The molecule has 6 heteroatoms. The van der Waals surface area contributed by atoms with Gasteiger partial charge in [0.1, 0.15) is 6.10 Å². The van der Waals surface area contributed by atoms with E-state index in [2.05, 4.69) is 4.98 Å². The Morgan fingerprint density at radius 1 is 1.04 bits per heavy atom. The first-order valence-corrected chi connectivity index (χ1v) is 9.32. The number of carbonyl (C=O) groups excluding carboxylic acids is 1. The maximum absolute atomic E-state index is 13.3. The maximum atomic E-state index is 13.3. The number of fused-ring (bicyclic) bond motifs is 2. The van der Waals surface area contributed by atoms with Gasteiger partial charge in [-0.3, -0.25) is 4.79 Å². The summed E-state index contributed by atoms with van der Waals surface area (Å²) in [7, 11) is 3.15. The van der Waals surface area contributed by atoms with Crippen LogP contribution in [0.25, 0.3) is 0 Å². The molecule has 6 nitrogen and oxygen atoms in total. The van der Waals surface area contributed by atoms with Crippen molar-refractivity contribution in [2.24, 2.45) is 0 Å². The summed E-state index contributed by atoms with van der Waals surface area (Å²) in [4.78, 5) is 19.6. The second kappa shape index (κ2) is 7.47. The minimum absolute atomic E-state index is 0.00883. The zero-order valence-electron chi connectivity index (χ0n) is 15.6. The van der Waals surface area contributed by atoms with Gasteiger partial charge in [0, 0.05) is 37.2 Å². The minimum Gasteiger partial charge on any atom is -0.493 e. The number of methoxy groups -OCH3 is 2. The number of benzene rings is 1. The summed E-state index contributed by atoms with van der Waals surface area (Å²) < 4.78 is 16.9. The Hall–Kier alpha value is -2.76. The number of hydrogen-bond donors (Lipinski definition) is 0. The van der Waals surface area contributed by atoms with Crippen molar-refractivity contribution in [2.45, 2.75) is 43.9 Å². The smallest absolute Gasteiger partial charge is 0.258 e. The highest BCUT2D eigenvalue weighted by atomic mass is 16.5. The standard InChI is InChI=1S/C21H24N2O4/c1-25-18-7-5-6-17(20(18)26-2)21(24)23-14-9-10-15(23)13-16(12-14)27-19-8-3-4-11-22-19/h3-8,11,14-16H,9-10,12-13H2,1-2H3. The van der Waals surface area contributed by atoms with Gasteiger partial charge in [-0.2, -0.15) is 0 Å². The molecule has 142 valence electrons. The predicted octanol–water partition coefficient (Wildman–Crippen LogP) is 3.31. The molecule has 0 spiro atoms. The first-order valence-electron chi connectivity index (χ1n) is 9.32. The molecule has 2 atom stereocenters. The van der Waals surface area contributed by atoms with E-state index in [4.69, 9.17) is 14.2 Å². The van der Waals surface area contributed by atoms with Gasteiger partial charge in [0.2, 0.25) is 5.88 Å². The topological polar surface area (TPSA) is 60.9 Å². The van der Waals surface area contributed by atoms with Gasteiger partial charge < -0.3 is 19.1 Å². The Kier molecular flexibility index (Phi) is 4.88. The van der Waals surface area contributed by atoms with Crippen LogP contribution in [-0.4, -0.2) is 48.2 Å². The second-order valence-electron chi connectivity index (χ2n) is 7.02. The van der Waals surface area contributed by atoms with Crippen molar-refractivity contribution < 1.29 is 19.0 Å². The van der Waals surface area contributed by atoms with Gasteiger partial charge in [0.25, 0.3) is 5.91 Å². The second-order valence-corrected chi connectivity index (χ2v) is 7.02. The molecule has 2 aromatic rings. The molecular formula is C21H24N2O4. The lowest BCUT2D eigenvalue weighted by Gasteiger charge is -2.39. The average Bonchev–Trinajstić information content (AvgIpc) is 2.98. The van der Waals surface area contributed by atoms with E-state index in [1.807, 2.05) is 29.2 Å². The van der Waals surface area contributed by atoms with Crippen molar-refractivity contribution in [1.29, 1.82) is 0 Å². The van der Waals surface area contributed by atoms with E-state index >= 15 is 0 Å². The highest BCUT2D eigenvalue weighted by molar-refractivity contribution is 5.98. The van der Waals surface area contributed by atoms with Gasteiger partial charge in [-0.15, -0.1) is 0 Å². The molecule has 0 saturated carbocycles. The van der Waals surface area contributed by atoms with Crippen molar-refractivity contribution in [2.75, 3.05) is 14.2 Å². The van der Waals surface area contributed by atoms with E-state index in [9.17, 15) is 4.79 Å². The van der Waals surface area contributed by atoms with Gasteiger partial charge >= 0.3 is 0 Å². The lowest BCUT2D eigenvalue weighted by atomic mass is 9.98. The van der Waals surface area contributed by atoms with Crippen LogP contribution in [0.2, 0.25) is 0 Å². The average molecular weight is 368 g/mol. The van der Waals surface area contributed by atoms with Crippen molar-refractivity contribution in [3.05, 3.63) is 48.2 Å². The number of ether oxygens (including phenoxy) is 3. The summed E-state index contributed by atoms with van der Waals surface area (Å²) in [6, 6.07) is 11.5. The number of para-hydroxylation sites is 1. The lowest BCUT2D eigenvalue weighted by molar-refractivity contribution is 0.0345. The van der Waals surface area contributed by atoms with E-state index in [1.54, 1.807) is 32.5 Å². The Morgan fingerprint density at radius 3 is 2.44 bits per heavy atom. The first-order chi connectivity index (χ1) is 13.2. The number of rotatable bonds is 5. The molecule has 2 aliphatic rings. The summed E-state index contributed by atoms with van der Waals surface area (Å²) >= 11 is 0. The number of hydrogen-bond acceptors (Lipinski definition) is 5. The van der Waals surface area contributed by atoms with Crippen LogP contribution >= 0.6 is 0 Å². The van der Waals surface area contributed by atoms with Crippen LogP contribution in [0.15, 0.2) is 42.6 Å². The number of amides is 1. The maximum Gasteiger partial charge on any atom is 0.258 e. The number of aromatic nitrogens is 1. The molecule has 2 fully saturated rings. The SMILES string of the molecule is COc1cccc(C(=O)N2C3CCC2CC(Oc2ccccn2)C3)c1OC. The van der Waals surface area contributed by atoms with Crippen LogP contribution in [0, 0.1) is 0 Å². The molecule has 1 aromatic carbocycles. The Balaban J connectivity index is 1.52. The highest BCUT2D eigenvalue weighted by Gasteiger charge is 2.45. The van der Waals surface area contributed by atoms with Crippen LogP contribution in [0.3, 0.4) is 0 Å². The molecule has 1 aromatic heterocycles. The molecule has 0 radical (unpaired) electrons. The van der Waals surface area contributed by atoms with E-state index in [0.29, 0.717) is 22.9 Å². The van der Waals surface area contributed by atoms with Crippen LogP contribution in [0.4, 0.5) is 0 Å². The third-order valence-corrected chi connectivity index (χ3v) is 5.48. The zero-order chi connectivity index (χ0) is 18.8. The Labute approximate surface area is 159 Å². The highest BCUT2D eigenvalue weighted by Crippen LogP contribution is 2.40. The van der Waals surface area contributed by atoms with Crippen LogP contribution in [-0.2, 0) is 0 Å². The van der Waals surface area contributed by atoms with Crippen LogP contribution in [0.5, 0.6) is 17.4 Å². The number of nitrogens with zero attached hydrogens (tertiary/aromatic N) is 2. The largest absolute Gasteiger partial charge is 0.493 e. The van der Waals surface area contributed by atoms with Crippen molar-refractivity contribution in [3.8, 4) is 17.4 Å². The van der Waals surface area contributed by atoms with Gasteiger partial charge in [0.05, 0.1) is 19.8 Å². The summed E-state index contributed by atoms with van der Waals surface area (Å²) in [6.07, 6.45) is 5.48. The molecule has 2 bridgehead atoms. The van der Waals surface area contributed by atoms with Crippen molar-refractivity contribution >= 4 is 5.91 Å². The van der Waals surface area contributed by atoms with E-state index in [0.717, 1.165) is 25.7 Å². The van der Waals surface area contributed by atoms with Crippen LogP contribution < -0.4 is 14.2 Å². The fourth-order valence-electron chi connectivity index (χ4n) is 4.34. The van der Waals surface area contributed by atoms with E-state index in [-0.39, 0.29) is 24.1 Å². The summed E-state index contributed by atoms with van der Waals surface area (Å²) in [5, 5.41) is 0. The van der Waals surface area contributed by atoms with Gasteiger partial charge in [-0.05, 0) is 31.0 Å². The Bertz CT molecular complexity index is 797. The molecular weight excluding hydrogens is 344 g/mol. The molecule has 27 heavy (non-hydrogen) atoms. The number of piperidine rings is 1. The van der Waals surface area contributed by atoms with Crippen LogP contribution in [0.1, 0.15) is 36.0 Å². The van der Waals surface area contributed by atoms with Crippen molar-refractivity contribution in [3.63, 3.8) is 0 Å². The first kappa shape index (κ1) is 17.6. The third kappa shape index (κ3) is 3.31. The minimum atomic E-state index is 0.00883. The zero-order valence-corrected chi connectivity index (χ0v) is 15.6. The predicted molar refractivity (Wildman–Crippen MR) is 100 cm³/mol. The quantitative estimate of drug-likeness (QED) is 0.810. The molecule has 2 unspecified atom stereocenters. The molecule has 3 heterocycles. The molecule has 0 N–H and O–H groups in total. The monoisotopic (exact) mass is 368 g/mol. The summed E-state index contributed by atoms with van der Waals surface area (Å²) in [5.41, 5.74) is 0.554. The molecule has 4 rings (SSSR count). The molecule has 0 aliphatic carbocycles. The lowest BCUT2D eigenvalue weighted by Crippen LogP contribution is -2.49. The Morgan fingerprint density at radius 2 is 1.81 bits per heavy atom. The summed E-state index contributed by atoms with van der Waals surface area (Å²) in [5.74, 6) is 1.73. The van der Waals surface area contributed by atoms with Crippen molar-refractivity contribution in [1.82, 2.24) is 9.88 Å². The fourth-order valence-corrected chi connectivity index (χ4v) is 4.34. The molecule has 2 saturated heterocycles. The number of carbonyl (C=O) groups is 1. The normalized spacial score (nSPS) is 23.8. The van der Waals surface area contributed by atoms with Gasteiger partial charge in [-0.1, -0.05) is 12.1 Å². The van der Waals surface area contributed by atoms with E-state index in [1.165, 1.54) is 0 Å². The molecule has 1 amide bonds. The molecule has 2 aliphatic heterocycles. The van der Waals surface area contributed by atoms with E-state index < -0.39 is 0 Å². The summed E-state index contributed by atoms with van der Waals surface area (Å²) in [6.45, 7) is 0. The van der Waals surface area contributed by atoms with Gasteiger partial charge in [0.15, 0.2) is 11.5 Å². The number of pyridine rings is 1. The third-order valence-electron chi connectivity index (χ3n) is 5.48. The fraction of sp³-hybridized carbons (Fsp3) is 0.429. The van der Waals surface area contributed by atoms with Gasteiger partial charge in [-0.25, -0.2) is 4.98 Å².